The topological polar surface area (TPSA) is 77.0 Å². The molecular weight excluding hydrogens is 320 g/mol. The Hall–Kier alpha value is -1.86. The van der Waals surface area contributed by atoms with Crippen molar-refractivity contribution in [1.82, 2.24) is 15.6 Å². The molecule has 25 heavy (non-hydrogen) atoms. The number of nitrogens with zero attached hydrogens (tertiary/aromatic N) is 2. The summed E-state index contributed by atoms with van der Waals surface area (Å²) >= 11 is 0. The first-order chi connectivity index (χ1) is 12.3. The SMILES string of the molecule is CCCOc1ccc(CNC(=NC)NCCCOC2CCOC2)cn1. The molecule has 0 spiro atoms. The van der Waals surface area contributed by atoms with Crippen LogP contribution >= 0.6 is 0 Å². The summed E-state index contributed by atoms with van der Waals surface area (Å²) < 4.78 is 16.5. The molecule has 7 nitrogen and oxygen atoms in total. The van der Waals surface area contributed by atoms with Gasteiger partial charge in [0.15, 0.2) is 5.96 Å². The van der Waals surface area contributed by atoms with Crippen LogP contribution in [0.5, 0.6) is 5.88 Å². The van der Waals surface area contributed by atoms with Gasteiger partial charge in [-0.25, -0.2) is 4.98 Å². The summed E-state index contributed by atoms with van der Waals surface area (Å²) in [7, 11) is 1.77. The molecule has 2 N–H and O–H groups in total. The molecule has 0 aliphatic carbocycles. The number of aliphatic imine (C=N–C) groups is 1. The average molecular weight is 350 g/mol. The van der Waals surface area contributed by atoms with Gasteiger partial charge in [-0.1, -0.05) is 13.0 Å². The van der Waals surface area contributed by atoms with Crippen LogP contribution in [0.15, 0.2) is 23.3 Å². The smallest absolute Gasteiger partial charge is 0.213 e. The quantitative estimate of drug-likeness (QED) is 0.380. The fraction of sp³-hybridized carbons (Fsp3) is 0.667. The lowest BCUT2D eigenvalue weighted by atomic mass is 10.3. The Bertz CT molecular complexity index is 502. The molecule has 1 atom stereocenters. The molecule has 0 aromatic carbocycles. The van der Waals surface area contributed by atoms with Crippen LogP contribution < -0.4 is 15.4 Å². The van der Waals surface area contributed by atoms with Crippen LogP contribution in [0.1, 0.15) is 31.7 Å². The molecule has 1 fully saturated rings. The first-order valence-electron chi connectivity index (χ1n) is 9.03. The molecule has 7 heteroatoms. The Morgan fingerprint density at radius 1 is 1.36 bits per heavy atom. The van der Waals surface area contributed by atoms with Gasteiger partial charge in [0, 0.05) is 45.6 Å². The van der Waals surface area contributed by atoms with E-state index in [1.54, 1.807) is 7.05 Å². The van der Waals surface area contributed by atoms with E-state index >= 15 is 0 Å². The van der Waals surface area contributed by atoms with Crippen molar-refractivity contribution in [3.8, 4) is 5.88 Å². The van der Waals surface area contributed by atoms with E-state index in [9.17, 15) is 0 Å². The average Bonchev–Trinajstić information content (AvgIpc) is 3.16. The molecule has 2 heterocycles. The van der Waals surface area contributed by atoms with Crippen molar-refractivity contribution >= 4 is 5.96 Å². The van der Waals surface area contributed by atoms with E-state index < -0.39 is 0 Å². The van der Waals surface area contributed by atoms with Gasteiger partial charge in [0.2, 0.25) is 5.88 Å². The lowest BCUT2D eigenvalue weighted by Crippen LogP contribution is -2.37. The largest absolute Gasteiger partial charge is 0.478 e. The van der Waals surface area contributed by atoms with Crippen molar-refractivity contribution in [2.24, 2.45) is 4.99 Å². The third-order valence-electron chi connectivity index (χ3n) is 3.79. The predicted octanol–water partition coefficient (Wildman–Crippen LogP) is 1.73. The molecule has 0 saturated carbocycles. The Kier molecular flexibility index (Phi) is 9.07. The van der Waals surface area contributed by atoms with Crippen molar-refractivity contribution in [3.05, 3.63) is 23.9 Å². The van der Waals surface area contributed by atoms with Gasteiger partial charge >= 0.3 is 0 Å². The Balaban J connectivity index is 1.59. The second-order valence-electron chi connectivity index (χ2n) is 5.92. The maximum Gasteiger partial charge on any atom is 0.213 e. The molecule has 1 aliphatic rings. The molecule has 140 valence electrons. The van der Waals surface area contributed by atoms with E-state index in [4.69, 9.17) is 14.2 Å². The number of pyridine rings is 1. The summed E-state index contributed by atoms with van der Waals surface area (Å²) in [5.74, 6) is 1.44. The van der Waals surface area contributed by atoms with E-state index in [-0.39, 0.29) is 6.10 Å². The first-order valence-corrected chi connectivity index (χ1v) is 9.03. The second-order valence-corrected chi connectivity index (χ2v) is 5.92. The van der Waals surface area contributed by atoms with E-state index in [1.807, 2.05) is 18.3 Å². The van der Waals surface area contributed by atoms with Crippen LogP contribution in [0.25, 0.3) is 0 Å². The monoisotopic (exact) mass is 350 g/mol. The van der Waals surface area contributed by atoms with Gasteiger partial charge in [0.1, 0.15) is 0 Å². The summed E-state index contributed by atoms with van der Waals surface area (Å²) in [5.41, 5.74) is 1.08. The maximum absolute atomic E-state index is 5.74. The zero-order chi connectivity index (χ0) is 17.7. The molecule has 2 rings (SSSR count). The fourth-order valence-corrected chi connectivity index (χ4v) is 2.39. The van der Waals surface area contributed by atoms with Crippen LogP contribution in [-0.2, 0) is 16.0 Å². The van der Waals surface area contributed by atoms with Gasteiger partial charge in [-0.05, 0) is 24.8 Å². The highest BCUT2D eigenvalue weighted by molar-refractivity contribution is 5.79. The Morgan fingerprint density at radius 2 is 2.28 bits per heavy atom. The van der Waals surface area contributed by atoms with Crippen LogP contribution in [0.3, 0.4) is 0 Å². The number of nitrogens with one attached hydrogen (secondary N) is 2. The minimum Gasteiger partial charge on any atom is -0.478 e. The lowest BCUT2D eigenvalue weighted by molar-refractivity contribution is 0.0420. The number of guanidine groups is 1. The highest BCUT2D eigenvalue weighted by Crippen LogP contribution is 2.08. The maximum atomic E-state index is 5.74. The number of aromatic nitrogens is 1. The predicted molar refractivity (Wildman–Crippen MR) is 98.0 cm³/mol. The number of hydrogen-bond acceptors (Lipinski definition) is 5. The van der Waals surface area contributed by atoms with Crippen LogP contribution in [0.2, 0.25) is 0 Å². The van der Waals surface area contributed by atoms with Crippen molar-refractivity contribution in [3.63, 3.8) is 0 Å². The molecule has 1 saturated heterocycles. The Morgan fingerprint density at radius 3 is 2.96 bits per heavy atom. The van der Waals surface area contributed by atoms with Crippen molar-refractivity contribution in [2.75, 3.05) is 40.0 Å². The second kappa shape index (κ2) is 11.7. The minimum absolute atomic E-state index is 0.272. The summed E-state index contributed by atoms with van der Waals surface area (Å²) in [5, 5.41) is 6.56. The van der Waals surface area contributed by atoms with Gasteiger partial charge in [-0.2, -0.15) is 0 Å². The Labute approximate surface area is 150 Å². The van der Waals surface area contributed by atoms with Gasteiger partial charge in [-0.15, -0.1) is 0 Å². The molecule has 1 aromatic rings. The molecule has 0 bridgehead atoms. The van der Waals surface area contributed by atoms with E-state index in [0.717, 1.165) is 57.2 Å². The number of ether oxygens (including phenoxy) is 3. The van der Waals surface area contributed by atoms with E-state index in [0.29, 0.717) is 19.0 Å². The zero-order valence-corrected chi connectivity index (χ0v) is 15.3. The van der Waals surface area contributed by atoms with E-state index in [1.165, 1.54) is 0 Å². The third kappa shape index (κ3) is 7.70. The fourth-order valence-electron chi connectivity index (χ4n) is 2.39. The van der Waals surface area contributed by atoms with Crippen molar-refractivity contribution in [2.45, 2.75) is 38.8 Å². The molecule has 1 aliphatic heterocycles. The van der Waals surface area contributed by atoms with Gasteiger partial charge in [-0.3, -0.25) is 4.99 Å². The standard InChI is InChI=1S/C18H30N4O3/c1-3-9-25-17-6-5-15(12-21-17)13-22-18(19-2)20-8-4-10-24-16-7-11-23-14-16/h5-6,12,16H,3-4,7-11,13-14H2,1-2H3,(H2,19,20,22). The minimum atomic E-state index is 0.272. The van der Waals surface area contributed by atoms with Crippen molar-refractivity contribution in [1.29, 1.82) is 0 Å². The summed E-state index contributed by atoms with van der Waals surface area (Å²) in [6, 6.07) is 3.91. The number of rotatable bonds is 10. The zero-order valence-electron chi connectivity index (χ0n) is 15.3. The third-order valence-corrected chi connectivity index (χ3v) is 3.79. The highest BCUT2D eigenvalue weighted by Gasteiger charge is 2.15. The van der Waals surface area contributed by atoms with Crippen molar-refractivity contribution < 1.29 is 14.2 Å². The molecule has 1 unspecified atom stereocenters. The summed E-state index contributed by atoms with van der Waals surface area (Å²) in [6.45, 7) is 6.53. The van der Waals surface area contributed by atoms with Crippen LogP contribution in [0, 0.1) is 0 Å². The number of hydrogen-bond donors (Lipinski definition) is 2. The van der Waals surface area contributed by atoms with Crippen LogP contribution in [-0.4, -0.2) is 57.1 Å². The van der Waals surface area contributed by atoms with E-state index in [2.05, 4.69) is 27.5 Å². The highest BCUT2D eigenvalue weighted by atomic mass is 16.5. The molecule has 1 aromatic heterocycles. The summed E-state index contributed by atoms with van der Waals surface area (Å²) in [6.07, 6.45) is 5.01. The van der Waals surface area contributed by atoms with Gasteiger partial charge < -0.3 is 24.8 Å². The summed E-state index contributed by atoms with van der Waals surface area (Å²) in [4.78, 5) is 8.52. The van der Waals surface area contributed by atoms with Gasteiger partial charge in [0.05, 0.1) is 19.3 Å². The molecular formula is C18H30N4O3. The lowest BCUT2D eigenvalue weighted by Gasteiger charge is -2.13. The van der Waals surface area contributed by atoms with Gasteiger partial charge in [0.25, 0.3) is 0 Å². The normalized spacial score (nSPS) is 17.5. The first kappa shape index (κ1) is 19.5. The molecule has 0 radical (unpaired) electrons. The van der Waals surface area contributed by atoms with Crippen LogP contribution in [0.4, 0.5) is 0 Å². The molecule has 0 amide bonds.